The van der Waals surface area contributed by atoms with E-state index < -0.39 is 0 Å². The molecule has 0 aromatic carbocycles. The van der Waals surface area contributed by atoms with Crippen molar-refractivity contribution in [2.24, 2.45) is 23.0 Å². The molecule has 1 aromatic rings. The maximum absolute atomic E-state index is 4.89. The van der Waals surface area contributed by atoms with Crippen LogP contribution in [-0.4, -0.2) is 28.0 Å². The summed E-state index contributed by atoms with van der Waals surface area (Å²) < 4.78 is 1.85. The van der Waals surface area contributed by atoms with Crippen molar-refractivity contribution in [3.63, 3.8) is 0 Å². The van der Waals surface area contributed by atoms with Crippen LogP contribution in [0, 0.1) is 5.92 Å². The molecule has 22 heavy (non-hydrogen) atoms. The molecule has 1 aliphatic carbocycles. The first-order valence-corrected chi connectivity index (χ1v) is 8.28. The van der Waals surface area contributed by atoms with Gasteiger partial charge in [0.25, 0.3) is 0 Å². The van der Waals surface area contributed by atoms with E-state index in [1.165, 1.54) is 37.0 Å². The third-order valence-electron chi connectivity index (χ3n) is 5.07. The number of hydrogen-bond acceptors (Lipinski definition) is 4. The second kappa shape index (κ2) is 5.38. The number of allylic oxidation sites excluding steroid dienone is 1. The SMILES string of the molecule is CC1=C2CC(c3ccn(C)n3)C=NC2N=C(C2CCCC2)N1. The third-order valence-corrected chi connectivity index (χ3v) is 5.07. The molecule has 1 saturated carbocycles. The van der Waals surface area contributed by atoms with Crippen molar-refractivity contribution in [1.82, 2.24) is 15.1 Å². The zero-order chi connectivity index (χ0) is 15.1. The predicted molar refractivity (Wildman–Crippen MR) is 88.1 cm³/mol. The number of aliphatic imine (C=N–C) groups is 2. The summed E-state index contributed by atoms with van der Waals surface area (Å²) >= 11 is 0. The molecule has 0 amide bonds. The number of amidine groups is 1. The Labute approximate surface area is 131 Å². The predicted octanol–water partition coefficient (Wildman–Crippen LogP) is 2.77. The van der Waals surface area contributed by atoms with Gasteiger partial charge in [0.15, 0.2) is 6.17 Å². The van der Waals surface area contributed by atoms with Gasteiger partial charge in [-0.2, -0.15) is 5.10 Å². The van der Waals surface area contributed by atoms with Gasteiger partial charge in [0.2, 0.25) is 0 Å². The number of nitrogens with one attached hydrogen (secondary N) is 1. The van der Waals surface area contributed by atoms with Gasteiger partial charge in [-0.1, -0.05) is 12.8 Å². The summed E-state index contributed by atoms with van der Waals surface area (Å²) in [5.41, 5.74) is 3.66. The van der Waals surface area contributed by atoms with Crippen molar-refractivity contribution in [2.75, 3.05) is 0 Å². The molecule has 2 aliphatic heterocycles. The number of aryl methyl sites for hydroxylation is 1. The Kier molecular flexibility index (Phi) is 3.36. The second-order valence-corrected chi connectivity index (χ2v) is 6.67. The van der Waals surface area contributed by atoms with Gasteiger partial charge < -0.3 is 5.32 Å². The number of hydrogen-bond donors (Lipinski definition) is 1. The Morgan fingerprint density at radius 1 is 1.27 bits per heavy atom. The minimum atomic E-state index is -0.00295. The molecular formula is C17H23N5. The highest BCUT2D eigenvalue weighted by Gasteiger charge is 2.31. The zero-order valence-corrected chi connectivity index (χ0v) is 13.3. The first-order chi connectivity index (χ1) is 10.7. The van der Waals surface area contributed by atoms with Crippen LogP contribution in [0.5, 0.6) is 0 Å². The molecule has 2 atom stereocenters. The van der Waals surface area contributed by atoms with E-state index in [-0.39, 0.29) is 12.1 Å². The van der Waals surface area contributed by atoms with E-state index in [4.69, 9.17) is 9.98 Å². The average Bonchev–Trinajstić information content (AvgIpc) is 3.18. The third kappa shape index (κ3) is 2.38. The molecule has 116 valence electrons. The zero-order valence-electron chi connectivity index (χ0n) is 13.3. The topological polar surface area (TPSA) is 54.6 Å². The van der Waals surface area contributed by atoms with Gasteiger partial charge in [-0.15, -0.1) is 0 Å². The van der Waals surface area contributed by atoms with E-state index in [1.807, 2.05) is 24.1 Å². The Balaban J connectivity index is 1.59. The molecule has 1 fully saturated rings. The standard InChI is InChI=1S/C17H23N5/c1-11-14-9-13(15-7-8-22(2)21-15)10-18-17(14)20-16(19-11)12-5-3-4-6-12/h7-8,10,12-13,17H,3-6,9H2,1-2H3,(H,19,20). The van der Waals surface area contributed by atoms with E-state index in [9.17, 15) is 0 Å². The van der Waals surface area contributed by atoms with Crippen LogP contribution in [0.25, 0.3) is 0 Å². The van der Waals surface area contributed by atoms with Crippen LogP contribution in [-0.2, 0) is 7.05 Å². The maximum atomic E-state index is 4.89. The minimum absolute atomic E-state index is 0.00295. The molecule has 1 N–H and O–H groups in total. The lowest BCUT2D eigenvalue weighted by Gasteiger charge is -2.31. The van der Waals surface area contributed by atoms with Crippen LogP contribution in [0.3, 0.4) is 0 Å². The van der Waals surface area contributed by atoms with E-state index in [0.717, 1.165) is 18.0 Å². The fraction of sp³-hybridized carbons (Fsp3) is 0.588. The molecule has 5 nitrogen and oxygen atoms in total. The highest BCUT2D eigenvalue weighted by atomic mass is 15.2. The molecule has 4 rings (SSSR count). The summed E-state index contributed by atoms with van der Waals surface area (Å²) in [4.78, 5) is 9.62. The van der Waals surface area contributed by atoms with Crippen LogP contribution in [0.15, 0.2) is 33.5 Å². The Bertz CT molecular complexity index is 660. The fourth-order valence-corrected chi connectivity index (χ4v) is 3.78. The summed E-state index contributed by atoms with van der Waals surface area (Å²) in [5, 5.41) is 8.09. The number of rotatable bonds is 2. The first kappa shape index (κ1) is 13.7. The summed E-state index contributed by atoms with van der Waals surface area (Å²) in [6.07, 6.45) is 10.2. The normalized spacial score (nSPS) is 28.5. The van der Waals surface area contributed by atoms with Crippen LogP contribution >= 0.6 is 0 Å². The van der Waals surface area contributed by atoms with Crippen molar-refractivity contribution in [3.05, 3.63) is 29.2 Å². The van der Waals surface area contributed by atoms with Crippen molar-refractivity contribution < 1.29 is 0 Å². The van der Waals surface area contributed by atoms with Crippen molar-refractivity contribution >= 4 is 12.1 Å². The lowest BCUT2D eigenvalue weighted by molar-refractivity contribution is 0.619. The lowest BCUT2D eigenvalue weighted by atomic mass is 9.90. The Hall–Kier alpha value is -1.91. The highest BCUT2D eigenvalue weighted by Crippen LogP contribution is 2.34. The summed E-state index contributed by atoms with van der Waals surface area (Å²) in [6.45, 7) is 2.17. The smallest absolute Gasteiger partial charge is 0.164 e. The van der Waals surface area contributed by atoms with E-state index in [1.54, 1.807) is 0 Å². The van der Waals surface area contributed by atoms with Crippen LogP contribution in [0.4, 0.5) is 0 Å². The van der Waals surface area contributed by atoms with Gasteiger partial charge in [0.1, 0.15) is 5.84 Å². The fourth-order valence-electron chi connectivity index (χ4n) is 3.78. The molecule has 3 aliphatic rings. The molecule has 2 unspecified atom stereocenters. The van der Waals surface area contributed by atoms with Crippen LogP contribution in [0.1, 0.15) is 50.6 Å². The molecule has 5 heteroatoms. The Morgan fingerprint density at radius 3 is 2.82 bits per heavy atom. The molecule has 0 bridgehead atoms. The van der Waals surface area contributed by atoms with Gasteiger partial charge in [-0.3, -0.25) is 9.67 Å². The maximum Gasteiger partial charge on any atom is 0.164 e. The second-order valence-electron chi connectivity index (χ2n) is 6.67. The largest absolute Gasteiger partial charge is 0.347 e. The summed E-state index contributed by atoms with van der Waals surface area (Å²) in [6, 6.07) is 2.08. The van der Waals surface area contributed by atoms with E-state index in [0.29, 0.717) is 5.92 Å². The van der Waals surface area contributed by atoms with Gasteiger partial charge in [-0.25, -0.2) is 4.99 Å². The number of aromatic nitrogens is 2. The first-order valence-electron chi connectivity index (χ1n) is 8.28. The van der Waals surface area contributed by atoms with Crippen LogP contribution in [0.2, 0.25) is 0 Å². The van der Waals surface area contributed by atoms with E-state index >= 15 is 0 Å². The van der Waals surface area contributed by atoms with Gasteiger partial charge in [-0.05, 0) is 37.8 Å². The van der Waals surface area contributed by atoms with E-state index in [2.05, 4.69) is 23.4 Å². The van der Waals surface area contributed by atoms with Gasteiger partial charge in [0.05, 0.1) is 5.69 Å². The summed E-state index contributed by atoms with van der Waals surface area (Å²) in [5.74, 6) is 2.05. The molecule has 3 heterocycles. The lowest BCUT2D eigenvalue weighted by Crippen LogP contribution is -2.37. The molecule has 0 saturated heterocycles. The number of fused-ring (bicyclic) bond motifs is 1. The molecular weight excluding hydrogens is 274 g/mol. The Morgan fingerprint density at radius 2 is 2.09 bits per heavy atom. The van der Waals surface area contributed by atoms with Gasteiger partial charge in [0, 0.05) is 37.0 Å². The molecule has 0 spiro atoms. The number of nitrogens with zero attached hydrogens (tertiary/aromatic N) is 4. The van der Waals surface area contributed by atoms with Crippen molar-refractivity contribution in [1.29, 1.82) is 0 Å². The van der Waals surface area contributed by atoms with Gasteiger partial charge >= 0.3 is 0 Å². The molecule has 1 aromatic heterocycles. The average molecular weight is 297 g/mol. The minimum Gasteiger partial charge on any atom is -0.347 e. The molecule has 0 radical (unpaired) electrons. The monoisotopic (exact) mass is 297 g/mol. The van der Waals surface area contributed by atoms with Crippen LogP contribution < -0.4 is 5.32 Å². The van der Waals surface area contributed by atoms with Crippen molar-refractivity contribution in [2.45, 2.75) is 51.1 Å². The quantitative estimate of drug-likeness (QED) is 0.912. The summed E-state index contributed by atoms with van der Waals surface area (Å²) in [7, 11) is 1.96. The van der Waals surface area contributed by atoms with Crippen molar-refractivity contribution in [3.8, 4) is 0 Å². The highest BCUT2D eigenvalue weighted by molar-refractivity contribution is 5.88.